The molecule has 1 unspecified atom stereocenters. The number of hydrogen-bond donors (Lipinski definition) is 0. The Balaban J connectivity index is 0.973. The first kappa shape index (κ1) is 37.5. The van der Waals surface area contributed by atoms with E-state index < -0.39 is 0 Å². The first-order valence-electron chi connectivity index (χ1n) is 21.4. The fourth-order valence-corrected chi connectivity index (χ4v) is 10.5. The number of allylic oxidation sites excluding steroid dienone is 7. The topological polar surface area (TPSA) is 16.4 Å². The van der Waals surface area contributed by atoms with Crippen LogP contribution in [0.15, 0.2) is 229 Å². The van der Waals surface area contributed by atoms with Crippen molar-refractivity contribution in [3.63, 3.8) is 0 Å². The number of furan rings is 1. The molecule has 0 spiro atoms. The predicted octanol–water partition coefficient (Wildman–Crippen LogP) is 16.8. The van der Waals surface area contributed by atoms with Gasteiger partial charge in [-0.3, -0.25) is 0 Å². The lowest BCUT2D eigenvalue weighted by atomic mass is 9.92. The third-order valence-electron chi connectivity index (χ3n) is 12.2. The van der Waals surface area contributed by atoms with E-state index in [-0.39, 0.29) is 6.04 Å². The number of fused-ring (bicyclic) bond motifs is 8. The smallest absolute Gasteiger partial charge is 0.136 e. The first-order chi connectivity index (χ1) is 30.7. The summed E-state index contributed by atoms with van der Waals surface area (Å²) in [6.45, 7) is 3.77. The third kappa shape index (κ3) is 6.87. The second kappa shape index (κ2) is 16.2. The van der Waals surface area contributed by atoms with E-state index in [9.17, 15) is 0 Å². The Morgan fingerprint density at radius 3 is 2.13 bits per heavy atom. The number of thiophene rings is 1. The molecule has 3 heteroatoms. The molecule has 0 amide bonds. The van der Waals surface area contributed by atoms with Gasteiger partial charge in [0, 0.05) is 42.3 Å². The van der Waals surface area contributed by atoms with Crippen molar-refractivity contribution in [2.45, 2.75) is 18.9 Å². The van der Waals surface area contributed by atoms with E-state index >= 15 is 0 Å². The van der Waals surface area contributed by atoms with Crippen molar-refractivity contribution in [1.29, 1.82) is 0 Å². The van der Waals surface area contributed by atoms with Crippen molar-refractivity contribution < 1.29 is 4.42 Å². The summed E-state index contributed by atoms with van der Waals surface area (Å²) in [5.41, 5.74) is 12.8. The Morgan fingerprint density at radius 2 is 1.29 bits per heavy atom. The minimum absolute atomic E-state index is 0.112. The van der Waals surface area contributed by atoms with E-state index in [2.05, 4.69) is 206 Å². The van der Waals surface area contributed by atoms with Crippen molar-refractivity contribution in [3.8, 4) is 22.3 Å². The molecule has 1 aliphatic carbocycles. The molecule has 0 aliphatic heterocycles. The van der Waals surface area contributed by atoms with Crippen molar-refractivity contribution in [3.05, 3.63) is 236 Å². The normalized spacial score (nSPS) is 14.3. The highest BCUT2D eigenvalue weighted by Gasteiger charge is 2.23. The lowest BCUT2D eigenvalue weighted by molar-refractivity contribution is 0.669. The first-order valence-corrected chi connectivity index (χ1v) is 22.2. The summed E-state index contributed by atoms with van der Waals surface area (Å²) < 4.78 is 8.94. The molecule has 0 N–H and O–H groups in total. The average molecular weight is 814 g/mol. The third-order valence-corrected chi connectivity index (χ3v) is 13.4. The van der Waals surface area contributed by atoms with Crippen LogP contribution in [0.1, 0.15) is 17.5 Å². The molecule has 296 valence electrons. The summed E-state index contributed by atoms with van der Waals surface area (Å²) in [4.78, 5) is 2.51. The van der Waals surface area contributed by atoms with Crippen molar-refractivity contribution in [1.82, 2.24) is 0 Å². The highest BCUT2D eigenvalue weighted by atomic mass is 32.1. The maximum atomic E-state index is 6.28. The molecule has 0 radical (unpaired) electrons. The zero-order chi connectivity index (χ0) is 41.4. The van der Waals surface area contributed by atoms with Crippen LogP contribution in [-0.4, -0.2) is 6.04 Å². The highest BCUT2D eigenvalue weighted by Crippen LogP contribution is 2.42. The zero-order valence-corrected chi connectivity index (χ0v) is 35.1. The largest absolute Gasteiger partial charge is 0.456 e. The van der Waals surface area contributed by atoms with Gasteiger partial charge in [0.25, 0.3) is 0 Å². The molecule has 10 aromatic rings. The van der Waals surface area contributed by atoms with Gasteiger partial charge >= 0.3 is 0 Å². The van der Waals surface area contributed by atoms with Crippen molar-refractivity contribution in [2.24, 2.45) is 0 Å². The molecule has 0 bridgehead atoms. The fourth-order valence-electron chi connectivity index (χ4n) is 9.25. The quantitative estimate of drug-likeness (QED) is 0.128. The summed E-state index contributed by atoms with van der Waals surface area (Å²) in [5, 5.41) is 7.37. The maximum Gasteiger partial charge on any atom is 0.136 e. The molecule has 2 heterocycles. The van der Waals surface area contributed by atoms with Crippen molar-refractivity contribution >= 4 is 81.2 Å². The molecule has 1 aliphatic rings. The molecule has 0 saturated heterocycles. The molecule has 1 atom stereocenters. The average Bonchev–Trinajstić information content (AvgIpc) is 3.91. The van der Waals surface area contributed by atoms with Crippen LogP contribution in [0.4, 0.5) is 11.4 Å². The van der Waals surface area contributed by atoms with Gasteiger partial charge in [0.05, 0.1) is 6.04 Å². The fraction of sp³-hybridized carbons (Fsp3) is 0.0508. The molecule has 2 aromatic heterocycles. The molecular formula is C59H43NOS. The monoisotopic (exact) mass is 813 g/mol. The van der Waals surface area contributed by atoms with Crippen LogP contribution in [0.3, 0.4) is 0 Å². The number of rotatable bonds is 10. The molecule has 62 heavy (non-hydrogen) atoms. The lowest BCUT2D eigenvalue weighted by Crippen LogP contribution is -2.30. The zero-order valence-electron chi connectivity index (χ0n) is 34.2. The Hall–Kier alpha value is -7.46. The van der Waals surface area contributed by atoms with Crippen LogP contribution in [0.5, 0.6) is 0 Å². The van der Waals surface area contributed by atoms with Gasteiger partial charge in [-0.2, -0.15) is 0 Å². The minimum atomic E-state index is 0.112. The molecule has 2 nitrogen and oxygen atoms in total. The maximum absolute atomic E-state index is 6.28. The van der Waals surface area contributed by atoms with Crippen LogP contribution in [-0.2, 0) is 6.42 Å². The Labute approximate surface area is 366 Å². The summed E-state index contributed by atoms with van der Waals surface area (Å²) in [5.74, 6) is 0. The van der Waals surface area contributed by atoms with E-state index in [0.717, 1.165) is 35.1 Å². The van der Waals surface area contributed by atoms with Gasteiger partial charge in [0.2, 0.25) is 0 Å². The van der Waals surface area contributed by atoms with Crippen LogP contribution < -0.4 is 4.90 Å². The van der Waals surface area contributed by atoms with Gasteiger partial charge in [-0.15, -0.1) is 11.3 Å². The molecular weight excluding hydrogens is 771 g/mol. The van der Waals surface area contributed by atoms with E-state index in [1.165, 1.54) is 81.0 Å². The number of para-hydroxylation sites is 1. The lowest BCUT2D eigenvalue weighted by Gasteiger charge is -2.34. The predicted molar refractivity (Wildman–Crippen MR) is 268 cm³/mol. The standard InChI is InChI=1S/C59H43NOS/c1-2-3-4-5-6-15-40-26-33-45(34-27-40)60(47-17-13-16-43(38-47)50-22-14-23-52-51-20-10-12-25-57(51)62-59(50)52)46-35-30-41(31-36-46)48-18-7-8-19-49(48)44-29-28-42-32-37-56-58(54(42)39-44)53-21-9-11-24-55(53)61-56/h2-14,16,18-39,47H,1,15,17H2/b4-3-,6-5-. The van der Waals surface area contributed by atoms with Gasteiger partial charge in [-0.25, -0.2) is 0 Å². The van der Waals surface area contributed by atoms with Gasteiger partial charge in [-0.1, -0.05) is 177 Å². The van der Waals surface area contributed by atoms with Crippen molar-refractivity contribution in [2.75, 3.05) is 4.90 Å². The van der Waals surface area contributed by atoms with Gasteiger partial charge in [-0.05, 0) is 111 Å². The summed E-state index contributed by atoms with van der Waals surface area (Å²) >= 11 is 1.89. The molecule has 0 saturated carbocycles. The van der Waals surface area contributed by atoms with Gasteiger partial charge in [0.1, 0.15) is 11.2 Å². The number of hydrogen-bond acceptors (Lipinski definition) is 3. The van der Waals surface area contributed by atoms with Gasteiger partial charge < -0.3 is 9.32 Å². The highest BCUT2D eigenvalue weighted by molar-refractivity contribution is 7.26. The van der Waals surface area contributed by atoms with Crippen LogP contribution in [0.25, 0.3) is 80.7 Å². The van der Waals surface area contributed by atoms with E-state index in [1.807, 2.05) is 29.6 Å². The molecule has 8 aromatic carbocycles. The molecule has 11 rings (SSSR count). The Bertz CT molecular complexity index is 3430. The summed E-state index contributed by atoms with van der Waals surface area (Å²) in [6.07, 6.45) is 19.0. The number of nitrogens with zero attached hydrogens (tertiary/aromatic N) is 1. The minimum Gasteiger partial charge on any atom is -0.456 e. The van der Waals surface area contributed by atoms with Gasteiger partial charge in [0.15, 0.2) is 0 Å². The number of anilines is 2. The van der Waals surface area contributed by atoms with E-state index in [4.69, 9.17) is 4.42 Å². The Morgan fingerprint density at radius 1 is 0.597 bits per heavy atom. The Kier molecular flexibility index (Phi) is 9.80. The molecule has 0 fully saturated rings. The number of benzene rings is 8. The second-order valence-electron chi connectivity index (χ2n) is 16.0. The summed E-state index contributed by atoms with van der Waals surface area (Å²) in [7, 11) is 0. The van der Waals surface area contributed by atoms with Crippen LogP contribution >= 0.6 is 11.3 Å². The SMILES string of the molecule is C=C/C=C\C=C/Cc1ccc(N(c2ccc(-c3ccccc3-c3ccc4ccc5oc6ccccc6c5c4c3)cc2)C2C=C(c3cccc4c3sc3ccccc34)C=CC2)cc1. The van der Waals surface area contributed by atoms with E-state index in [0.29, 0.717) is 0 Å². The second-order valence-corrected chi connectivity index (χ2v) is 17.0. The van der Waals surface area contributed by atoms with Crippen LogP contribution in [0.2, 0.25) is 0 Å². The van der Waals surface area contributed by atoms with Crippen LogP contribution in [0, 0.1) is 0 Å². The van der Waals surface area contributed by atoms with E-state index in [1.54, 1.807) is 6.08 Å². The summed E-state index contributed by atoms with van der Waals surface area (Å²) in [6, 6.07) is 62.1.